The van der Waals surface area contributed by atoms with Crippen LogP contribution < -0.4 is 14.5 Å². The van der Waals surface area contributed by atoms with Crippen molar-refractivity contribution in [3.8, 4) is 6.01 Å². The number of hydrogen-bond acceptors (Lipinski definition) is 8. The second-order valence-corrected chi connectivity index (χ2v) is 10.8. The summed E-state index contributed by atoms with van der Waals surface area (Å²) in [5, 5.41) is 9.98. The number of carbonyl (C=O) groups is 1. The van der Waals surface area contributed by atoms with Gasteiger partial charge in [0.05, 0.1) is 18.8 Å². The van der Waals surface area contributed by atoms with Crippen molar-refractivity contribution >= 4 is 17.4 Å². The maximum Gasteiger partial charge on any atom is 0.318 e. The summed E-state index contributed by atoms with van der Waals surface area (Å²) in [6.07, 6.45) is 5.31. The number of nitrogens with zero attached hydrogens (tertiary/aromatic N) is 7. The average molecular weight is 546 g/mol. The first-order chi connectivity index (χ1) is 19.5. The van der Waals surface area contributed by atoms with Crippen molar-refractivity contribution in [3.05, 3.63) is 65.2 Å². The number of ether oxygens (including phenoxy) is 1. The Balaban J connectivity index is 1.48. The fourth-order valence-electron chi connectivity index (χ4n) is 6.15. The van der Waals surface area contributed by atoms with Crippen molar-refractivity contribution in [2.75, 3.05) is 62.7 Å². The smallest absolute Gasteiger partial charge is 0.318 e. The zero-order chi connectivity index (χ0) is 28.1. The van der Waals surface area contributed by atoms with Crippen LogP contribution in [-0.2, 0) is 24.4 Å². The van der Waals surface area contributed by atoms with Crippen LogP contribution in [0.5, 0.6) is 6.01 Å². The summed E-state index contributed by atoms with van der Waals surface area (Å²) < 4.78 is 6.26. The predicted octanol–water partition coefficient (Wildman–Crippen LogP) is 2.52. The molecule has 212 valence electrons. The van der Waals surface area contributed by atoms with Crippen molar-refractivity contribution in [2.45, 2.75) is 50.9 Å². The molecule has 0 aliphatic carbocycles. The largest absolute Gasteiger partial charge is 0.462 e. The fraction of sp³-hybridized carbons (Fsp3) is 0.533. The average Bonchev–Trinajstić information content (AvgIpc) is 3.27. The molecule has 0 bridgehead atoms. The van der Waals surface area contributed by atoms with E-state index in [1.807, 2.05) is 18.2 Å². The highest BCUT2D eigenvalue weighted by molar-refractivity contribution is 5.87. The zero-order valence-corrected chi connectivity index (χ0v) is 23.3. The van der Waals surface area contributed by atoms with Gasteiger partial charge in [0.25, 0.3) is 0 Å². The quantitative estimate of drug-likeness (QED) is 0.400. The maximum absolute atomic E-state index is 12.5. The van der Waals surface area contributed by atoms with E-state index in [4.69, 9.17) is 21.3 Å². The van der Waals surface area contributed by atoms with Crippen LogP contribution in [-0.4, -0.2) is 95.8 Å². The SMILES string of the molecule is [C-]#[N+]C[C@H]1CN(c2nc(OC[C@@H]3CCCN3C)nc3c2CCCN(c2ccccc2CO)C3)CCN1C(=O)C=C. The lowest BCUT2D eigenvalue weighted by atomic mass is 10.1. The lowest BCUT2D eigenvalue weighted by Gasteiger charge is -2.40. The van der Waals surface area contributed by atoms with E-state index in [2.05, 4.69) is 39.2 Å². The number of piperazine rings is 1. The second-order valence-electron chi connectivity index (χ2n) is 10.8. The van der Waals surface area contributed by atoms with Gasteiger partial charge >= 0.3 is 6.01 Å². The van der Waals surface area contributed by atoms with E-state index >= 15 is 0 Å². The van der Waals surface area contributed by atoms with E-state index in [1.165, 1.54) is 6.08 Å². The van der Waals surface area contributed by atoms with E-state index in [9.17, 15) is 9.90 Å². The highest BCUT2D eigenvalue weighted by Gasteiger charge is 2.34. The topological polar surface area (TPSA) is 89.6 Å². The van der Waals surface area contributed by atoms with Gasteiger partial charge in [-0.1, -0.05) is 24.8 Å². The Morgan fingerprint density at radius 3 is 2.77 bits per heavy atom. The van der Waals surface area contributed by atoms with Gasteiger partial charge in [0.15, 0.2) is 0 Å². The molecule has 1 amide bonds. The Labute approximate surface area is 236 Å². The number of rotatable bonds is 8. The third-order valence-electron chi connectivity index (χ3n) is 8.37. The molecule has 2 aromatic rings. The van der Waals surface area contributed by atoms with Crippen LogP contribution in [0, 0.1) is 6.57 Å². The first-order valence-electron chi connectivity index (χ1n) is 14.2. The molecule has 2 fully saturated rings. The minimum absolute atomic E-state index is 0.0199. The molecule has 2 atom stereocenters. The Bertz CT molecular complexity index is 1260. The van der Waals surface area contributed by atoms with Gasteiger partial charge in [-0.25, -0.2) is 6.57 Å². The number of fused-ring (bicyclic) bond motifs is 1. The molecule has 1 aromatic carbocycles. The van der Waals surface area contributed by atoms with E-state index in [0.29, 0.717) is 44.8 Å². The molecular weight excluding hydrogens is 506 g/mol. The van der Waals surface area contributed by atoms with E-state index in [1.54, 1.807) is 4.90 Å². The number of aromatic nitrogens is 2. The summed E-state index contributed by atoms with van der Waals surface area (Å²) in [6, 6.07) is 8.44. The van der Waals surface area contributed by atoms with Gasteiger partial charge < -0.3 is 34.3 Å². The predicted molar refractivity (Wildman–Crippen MR) is 154 cm³/mol. The first kappa shape index (κ1) is 27.9. The first-order valence-corrected chi connectivity index (χ1v) is 14.2. The highest BCUT2D eigenvalue weighted by Crippen LogP contribution is 2.33. The van der Waals surface area contributed by atoms with Crippen molar-refractivity contribution in [2.24, 2.45) is 0 Å². The Morgan fingerprint density at radius 2 is 2.02 bits per heavy atom. The number of amides is 1. The van der Waals surface area contributed by atoms with Crippen LogP contribution in [0.3, 0.4) is 0 Å². The number of carbonyl (C=O) groups excluding carboxylic acids is 1. The standard InChI is InChI=1S/C30H39N7O3/c1-4-28(39)37-16-15-36(18-24(37)17-31-2)29-25-11-8-14-35(27-12-6-5-9-22(27)20-38)19-26(25)32-30(33-29)40-21-23-10-7-13-34(23)3/h4-6,9,12,23-24,38H,1,7-8,10-11,13-21H2,3H3/t23-,24-/m0/s1. The maximum atomic E-state index is 12.5. The number of aliphatic hydroxyl groups excluding tert-OH is 1. The van der Waals surface area contributed by atoms with Gasteiger partial charge in [0, 0.05) is 49.0 Å². The molecule has 2 saturated heterocycles. The van der Waals surface area contributed by atoms with Gasteiger partial charge in [-0.05, 0) is 51.4 Å². The minimum atomic E-state index is -0.238. The molecular formula is C30H39N7O3. The normalized spacial score (nSPS) is 21.5. The molecule has 5 rings (SSSR count). The van der Waals surface area contributed by atoms with Crippen LogP contribution in [0.1, 0.15) is 36.1 Å². The summed E-state index contributed by atoms with van der Waals surface area (Å²) in [6.45, 7) is 16.0. The summed E-state index contributed by atoms with van der Waals surface area (Å²) in [5.41, 5.74) is 3.93. The second kappa shape index (κ2) is 12.7. The lowest BCUT2D eigenvalue weighted by molar-refractivity contribution is -0.128. The van der Waals surface area contributed by atoms with Crippen molar-refractivity contribution in [1.29, 1.82) is 0 Å². The summed E-state index contributed by atoms with van der Waals surface area (Å²) in [5.74, 6) is 0.704. The number of aliphatic hydroxyl groups is 1. The van der Waals surface area contributed by atoms with E-state index in [-0.39, 0.29) is 25.1 Å². The van der Waals surface area contributed by atoms with Gasteiger partial charge in [-0.2, -0.15) is 9.97 Å². The molecule has 3 aliphatic rings. The lowest BCUT2D eigenvalue weighted by Crippen LogP contribution is -2.56. The Hall–Kier alpha value is -3.68. The van der Waals surface area contributed by atoms with Crippen LogP contribution in [0.4, 0.5) is 11.5 Å². The van der Waals surface area contributed by atoms with Crippen LogP contribution >= 0.6 is 0 Å². The molecule has 10 nitrogen and oxygen atoms in total. The molecule has 40 heavy (non-hydrogen) atoms. The number of anilines is 2. The number of para-hydroxylation sites is 1. The number of hydrogen-bond donors (Lipinski definition) is 1. The Morgan fingerprint density at radius 1 is 1.18 bits per heavy atom. The van der Waals surface area contributed by atoms with Crippen molar-refractivity contribution < 1.29 is 14.6 Å². The molecule has 0 radical (unpaired) electrons. The zero-order valence-electron chi connectivity index (χ0n) is 23.3. The molecule has 0 saturated carbocycles. The summed E-state index contributed by atoms with van der Waals surface area (Å²) in [7, 11) is 2.13. The van der Waals surface area contributed by atoms with Crippen LogP contribution in [0.25, 0.3) is 4.85 Å². The van der Waals surface area contributed by atoms with E-state index in [0.717, 1.165) is 67.1 Å². The van der Waals surface area contributed by atoms with Crippen molar-refractivity contribution in [1.82, 2.24) is 19.8 Å². The Kier molecular flexibility index (Phi) is 8.82. The minimum Gasteiger partial charge on any atom is -0.462 e. The van der Waals surface area contributed by atoms with Crippen molar-refractivity contribution in [3.63, 3.8) is 0 Å². The highest BCUT2D eigenvalue weighted by atomic mass is 16.5. The molecule has 0 unspecified atom stereocenters. The number of likely N-dealkylation sites (tertiary alicyclic amines) is 1. The van der Waals surface area contributed by atoms with Gasteiger partial charge in [-0.3, -0.25) is 4.79 Å². The van der Waals surface area contributed by atoms with Gasteiger partial charge in [0.1, 0.15) is 18.5 Å². The third kappa shape index (κ3) is 5.91. The summed E-state index contributed by atoms with van der Waals surface area (Å²) >= 11 is 0. The molecule has 0 spiro atoms. The fourth-order valence-corrected chi connectivity index (χ4v) is 6.15. The van der Waals surface area contributed by atoms with Gasteiger partial charge in [-0.15, -0.1) is 0 Å². The van der Waals surface area contributed by atoms with Gasteiger partial charge in [0.2, 0.25) is 12.5 Å². The third-order valence-corrected chi connectivity index (χ3v) is 8.37. The van der Waals surface area contributed by atoms with Crippen LogP contribution in [0.15, 0.2) is 36.9 Å². The number of likely N-dealkylation sites (N-methyl/N-ethyl adjacent to an activating group) is 1. The summed E-state index contributed by atoms with van der Waals surface area (Å²) in [4.78, 5) is 34.6. The molecule has 1 N–H and O–H groups in total. The molecule has 3 aliphatic heterocycles. The van der Waals surface area contributed by atoms with E-state index < -0.39 is 0 Å². The molecule has 10 heteroatoms. The number of benzene rings is 1. The molecule has 4 heterocycles. The monoisotopic (exact) mass is 545 g/mol. The van der Waals surface area contributed by atoms with Crippen LogP contribution in [0.2, 0.25) is 0 Å². The molecule has 1 aromatic heterocycles.